The topological polar surface area (TPSA) is 39.5 Å². The first kappa shape index (κ1) is 13.3. The van der Waals surface area contributed by atoms with Crippen LogP contribution in [0.5, 0.6) is 5.75 Å². The molecule has 0 aliphatic carbocycles. The van der Waals surface area contributed by atoms with Crippen LogP contribution in [0.3, 0.4) is 0 Å². The lowest BCUT2D eigenvalue weighted by Crippen LogP contribution is -3.16. The standard InChI is InChI=1S/C14H22N2O2/c1-15-11-14(16-7-9-18-10-8-16)12-3-5-13(17-2)6-4-12/h3-6,14-15H,7-11H2,1-2H3/p+2/t14-/m1/s1. The van der Waals surface area contributed by atoms with E-state index in [1.54, 1.807) is 12.0 Å². The third-order valence-electron chi connectivity index (χ3n) is 3.62. The van der Waals surface area contributed by atoms with Gasteiger partial charge in [-0.1, -0.05) is 0 Å². The molecule has 0 unspecified atom stereocenters. The lowest BCUT2D eigenvalue weighted by molar-refractivity contribution is -0.950. The third-order valence-corrected chi connectivity index (χ3v) is 3.62. The summed E-state index contributed by atoms with van der Waals surface area (Å²) in [6, 6.07) is 9.03. The van der Waals surface area contributed by atoms with E-state index in [-0.39, 0.29) is 0 Å². The van der Waals surface area contributed by atoms with Gasteiger partial charge in [-0.25, -0.2) is 0 Å². The van der Waals surface area contributed by atoms with E-state index in [0.717, 1.165) is 38.6 Å². The molecule has 1 saturated heterocycles. The first-order valence-corrected chi connectivity index (χ1v) is 6.69. The van der Waals surface area contributed by atoms with Crippen LogP contribution in [0.1, 0.15) is 11.6 Å². The van der Waals surface area contributed by atoms with Gasteiger partial charge in [-0.3, -0.25) is 0 Å². The molecule has 1 aliphatic heterocycles. The third kappa shape index (κ3) is 3.22. The number of likely N-dealkylation sites (N-methyl/N-ethyl adjacent to an activating group) is 1. The zero-order chi connectivity index (χ0) is 12.8. The number of hydrogen-bond donors (Lipinski definition) is 2. The average Bonchev–Trinajstić information content (AvgIpc) is 2.46. The van der Waals surface area contributed by atoms with E-state index in [2.05, 4.69) is 36.6 Å². The molecule has 1 fully saturated rings. The molecule has 2 rings (SSSR count). The van der Waals surface area contributed by atoms with Gasteiger partial charge in [0.1, 0.15) is 25.4 Å². The fraction of sp³-hybridized carbons (Fsp3) is 0.571. The molecule has 0 saturated carbocycles. The molecule has 18 heavy (non-hydrogen) atoms. The highest BCUT2D eigenvalue weighted by atomic mass is 16.5. The van der Waals surface area contributed by atoms with Crippen molar-refractivity contribution in [3.05, 3.63) is 29.8 Å². The Morgan fingerprint density at radius 1 is 1.28 bits per heavy atom. The Morgan fingerprint density at radius 3 is 2.50 bits per heavy atom. The van der Waals surface area contributed by atoms with Crippen LogP contribution in [-0.4, -0.2) is 47.0 Å². The van der Waals surface area contributed by atoms with Crippen molar-refractivity contribution < 1.29 is 19.7 Å². The molecule has 0 spiro atoms. The smallest absolute Gasteiger partial charge is 0.163 e. The molecule has 0 bridgehead atoms. The molecule has 1 heterocycles. The van der Waals surface area contributed by atoms with Gasteiger partial charge < -0.3 is 19.7 Å². The second-order valence-electron chi connectivity index (χ2n) is 4.74. The van der Waals surface area contributed by atoms with Crippen LogP contribution in [0.15, 0.2) is 24.3 Å². The number of ether oxygens (including phenoxy) is 2. The Morgan fingerprint density at radius 2 is 1.94 bits per heavy atom. The largest absolute Gasteiger partial charge is 0.497 e. The summed E-state index contributed by atoms with van der Waals surface area (Å²) >= 11 is 0. The summed E-state index contributed by atoms with van der Waals surface area (Å²) in [7, 11) is 3.84. The van der Waals surface area contributed by atoms with Gasteiger partial charge in [0.25, 0.3) is 0 Å². The van der Waals surface area contributed by atoms with Crippen molar-refractivity contribution in [1.29, 1.82) is 0 Å². The molecule has 0 aromatic heterocycles. The summed E-state index contributed by atoms with van der Waals surface area (Å²) in [5.74, 6) is 0.926. The van der Waals surface area contributed by atoms with E-state index in [0.29, 0.717) is 6.04 Å². The highest BCUT2D eigenvalue weighted by molar-refractivity contribution is 5.28. The minimum Gasteiger partial charge on any atom is -0.497 e. The molecule has 4 heteroatoms. The molecular formula is C14H24N2O2+2. The second-order valence-corrected chi connectivity index (χ2v) is 4.74. The van der Waals surface area contributed by atoms with Crippen LogP contribution in [-0.2, 0) is 4.74 Å². The Labute approximate surface area is 109 Å². The fourth-order valence-corrected chi connectivity index (χ4v) is 2.59. The summed E-state index contributed by atoms with van der Waals surface area (Å²) in [5.41, 5.74) is 1.39. The van der Waals surface area contributed by atoms with E-state index in [1.165, 1.54) is 5.56 Å². The van der Waals surface area contributed by atoms with E-state index >= 15 is 0 Å². The highest BCUT2D eigenvalue weighted by Crippen LogP contribution is 2.15. The maximum Gasteiger partial charge on any atom is 0.163 e. The van der Waals surface area contributed by atoms with E-state index < -0.39 is 0 Å². The van der Waals surface area contributed by atoms with Gasteiger partial charge in [0.05, 0.1) is 27.4 Å². The number of rotatable bonds is 5. The lowest BCUT2D eigenvalue weighted by atomic mass is 10.0. The Hall–Kier alpha value is -1.10. The van der Waals surface area contributed by atoms with Crippen LogP contribution in [0.4, 0.5) is 0 Å². The number of morpholine rings is 1. The number of nitrogens with two attached hydrogens (primary N) is 1. The average molecular weight is 252 g/mol. The van der Waals surface area contributed by atoms with E-state index in [1.807, 2.05) is 0 Å². The highest BCUT2D eigenvalue weighted by Gasteiger charge is 2.27. The molecule has 1 atom stereocenters. The number of quaternary nitrogens is 2. The first-order valence-electron chi connectivity index (χ1n) is 6.69. The van der Waals surface area contributed by atoms with Gasteiger partial charge in [-0.05, 0) is 24.3 Å². The first-order chi connectivity index (χ1) is 8.85. The van der Waals surface area contributed by atoms with Crippen molar-refractivity contribution >= 4 is 0 Å². The molecular weight excluding hydrogens is 228 g/mol. The van der Waals surface area contributed by atoms with Crippen molar-refractivity contribution in [2.75, 3.05) is 47.0 Å². The number of methoxy groups -OCH3 is 1. The normalized spacial score (nSPS) is 18.6. The zero-order valence-electron chi connectivity index (χ0n) is 11.3. The van der Waals surface area contributed by atoms with Crippen molar-refractivity contribution in [3.8, 4) is 5.75 Å². The van der Waals surface area contributed by atoms with Crippen molar-refractivity contribution in [2.24, 2.45) is 0 Å². The quantitative estimate of drug-likeness (QED) is 0.694. The lowest BCUT2D eigenvalue weighted by Gasteiger charge is -2.30. The maximum atomic E-state index is 5.45. The molecule has 4 nitrogen and oxygen atoms in total. The molecule has 0 amide bonds. The minimum absolute atomic E-state index is 0.546. The molecule has 1 aromatic rings. The van der Waals surface area contributed by atoms with Gasteiger partial charge in [-0.15, -0.1) is 0 Å². The van der Waals surface area contributed by atoms with E-state index in [9.17, 15) is 0 Å². The molecule has 100 valence electrons. The van der Waals surface area contributed by atoms with Crippen LogP contribution >= 0.6 is 0 Å². The zero-order valence-corrected chi connectivity index (χ0v) is 11.3. The van der Waals surface area contributed by atoms with E-state index in [4.69, 9.17) is 9.47 Å². The Kier molecular flexibility index (Phi) is 4.99. The summed E-state index contributed by atoms with van der Waals surface area (Å²) in [5, 5.41) is 2.26. The molecule has 1 aliphatic rings. The Balaban J connectivity index is 2.11. The van der Waals surface area contributed by atoms with Crippen molar-refractivity contribution in [2.45, 2.75) is 6.04 Å². The molecule has 0 radical (unpaired) electrons. The number of benzene rings is 1. The van der Waals surface area contributed by atoms with Gasteiger partial charge in [0.2, 0.25) is 0 Å². The summed E-state index contributed by atoms with van der Waals surface area (Å²) < 4.78 is 10.7. The summed E-state index contributed by atoms with van der Waals surface area (Å²) in [6.07, 6.45) is 0. The molecule has 1 aromatic carbocycles. The summed E-state index contributed by atoms with van der Waals surface area (Å²) in [4.78, 5) is 1.63. The van der Waals surface area contributed by atoms with Gasteiger partial charge >= 0.3 is 0 Å². The van der Waals surface area contributed by atoms with Crippen LogP contribution < -0.4 is 15.0 Å². The summed E-state index contributed by atoms with van der Waals surface area (Å²) in [6.45, 7) is 5.08. The fourth-order valence-electron chi connectivity index (χ4n) is 2.59. The van der Waals surface area contributed by atoms with Crippen molar-refractivity contribution in [3.63, 3.8) is 0 Å². The van der Waals surface area contributed by atoms with Gasteiger partial charge in [-0.2, -0.15) is 0 Å². The van der Waals surface area contributed by atoms with Crippen LogP contribution in [0.25, 0.3) is 0 Å². The molecule has 3 N–H and O–H groups in total. The second kappa shape index (κ2) is 6.73. The monoisotopic (exact) mass is 252 g/mol. The predicted octanol–water partition coefficient (Wildman–Crippen LogP) is -1.16. The van der Waals surface area contributed by atoms with Crippen molar-refractivity contribution in [1.82, 2.24) is 0 Å². The predicted molar refractivity (Wildman–Crippen MR) is 70.0 cm³/mol. The van der Waals surface area contributed by atoms with Crippen LogP contribution in [0.2, 0.25) is 0 Å². The van der Waals surface area contributed by atoms with Crippen LogP contribution in [0, 0.1) is 0 Å². The maximum absolute atomic E-state index is 5.45. The Bertz CT molecular complexity index is 347. The number of hydrogen-bond acceptors (Lipinski definition) is 2. The number of nitrogens with one attached hydrogen (secondary N) is 1. The van der Waals surface area contributed by atoms with Gasteiger partial charge in [0.15, 0.2) is 6.04 Å². The minimum atomic E-state index is 0.546. The van der Waals surface area contributed by atoms with Gasteiger partial charge in [0, 0.05) is 5.56 Å². The SMILES string of the molecule is C[NH2+]C[C@H](c1ccc(OC)cc1)[NH+]1CCOCC1.